The van der Waals surface area contributed by atoms with Crippen LogP contribution in [-0.4, -0.2) is 44.3 Å². The largest absolute Gasteiger partial charge is 0.506 e. The number of benzene rings is 1. The molecule has 3 heterocycles. The number of nitrogens with zero attached hydrogens (tertiary/aromatic N) is 3. The van der Waals surface area contributed by atoms with E-state index in [2.05, 4.69) is 19.4 Å². The fraction of sp³-hybridized carbons (Fsp3) is 0.286. The monoisotopic (exact) mass is 507 g/mol. The molecule has 34 heavy (non-hydrogen) atoms. The van der Waals surface area contributed by atoms with Crippen LogP contribution in [0.5, 0.6) is 5.75 Å². The van der Waals surface area contributed by atoms with Crippen molar-refractivity contribution in [3.63, 3.8) is 0 Å². The van der Waals surface area contributed by atoms with Gasteiger partial charge in [0.25, 0.3) is 5.56 Å². The number of fused-ring (bicyclic) bond motifs is 2. The summed E-state index contributed by atoms with van der Waals surface area (Å²) < 4.78 is 52.2. The highest BCUT2D eigenvalue weighted by Gasteiger charge is 2.31. The number of amidine groups is 1. The molecule has 0 radical (unpaired) electrons. The van der Waals surface area contributed by atoms with Crippen LogP contribution in [0.15, 0.2) is 50.6 Å². The smallest absolute Gasteiger partial charge is 0.267 e. The van der Waals surface area contributed by atoms with E-state index in [1.165, 1.54) is 29.0 Å². The molecule has 1 aromatic carbocycles. The SMILES string of the molecule is CC(C)CCn1c(=O)c(C2=NS(O)(O)c3cc(NS(C)(=O)=O)ccc3N2)c(O)c2cccnc21. The highest BCUT2D eigenvalue weighted by molar-refractivity contribution is 8.23. The Kier molecular flexibility index (Phi) is 6.06. The predicted octanol–water partition coefficient (Wildman–Crippen LogP) is 3.42. The van der Waals surface area contributed by atoms with Crippen LogP contribution in [0.2, 0.25) is 0 Å². The third-order valence-corrected chi connectivity index (χ3v) is 7.18. The first-order chi connectivity index (χ1) is 15.9. The van der Waals surface area contributed by atoms with Gasteiger partial charge in [-0.05, 0) is 42.7 Å². The molecule has 13 heteroatoms. The summed E-state index contributed by atoms with van der Waals surface area (Å²) in [5.41, 5.74) is -0.146. The van der Waals surface area contributed by atoms with Crippen molar-refractivity contribution in [1.82, 2.24) is 9.55 Å². The lowest BCUT2D eigenvalue weighted by Gasteiger charge is -2.34. The summed E-state index contributed by atoms with van der Waals surface area (Å²) in [6.07, 6.45) is 3.18. The van der Waals surface area contributed by atoms with E-state index in [0.29, 0.717) is 29.9 Å². The molecule has 0 spiro atoms. The molecular weight excluding hydrogens is 482 g/mol. The van der Waals surface area contributed by atoms with Gasteiger partial charge in [-0.2, -0.15) is 0 Å². The Bertz CT molecular complexity index is 1480. The standard InChI is InChI=1S/C21H25N5O6S2/c1-12(2)8-10-26-20-14(5-4-9-22-20)18(27)17(21(26)28)19-23-15-7-6-13(24-33(3,29)30)11-16(15)34(31,32)25-19/h4-7,9,11-12,24,27,31-32H,8,10H2,1-3H3,(H,23,25). The van der Waals surface area contributed by atoms with Gasteiger partial charge in [0.1, 0.15) is 21.9 Å². The molecule has 4 rings (SSSR count). The Balaban J connectivity index is 1.87. The second kappa shape index (κ2) is 8.58. The molecule has 0 aliphatic carbocycles. The molecule has 0 unspecified atom stereocenters. The average Bonchev–Trinajstić information content (AvgIpc) is 2.72. The third kappa shape index (κ3) is 4.59. The lowest BCUT2D eigenvalue weighted by molar-refractivity contribution is 0.473. The summed E-state index contributed by atoms with van der Waals surface area (Å²) >= 11 is 0. The van der Waals surface area contributed by atoms with Gasteiger partial charge in [0, 0.05) is 12.7 Å². The summed E-state index contributed by atoms with van der Waals surface area (Å²) in [5.74, 6) is -0.279. The van der Waals surface area contributed by atoms with Crippen molar-refractivity contribution in [2.45, 2.75) is 31.7 Å². The van der Waals surface area contributed by atoms with Gasteiger partial charge in [-0.3, -0.25) is 23.2 Å². The molecule has 0 atom stereocenters. The summed E-state index contributed by atoms with van der Waals surface area (Å²) in [4.78, 5) is 17.7. The molecule has 5 N–H and O–H groups in total. The normalized spacial score (nSPS) is 16.0. The van der Waals surface area contributed by atoms with Crippen LogP contribution in [0, 0.1) is 5.92 Å². The first kappa shape index (κ1) is 24.0. The number of aryl methyl sites for hydroxylation is 1. The molecule has 0 amide bonds. The van der Waals surface area contributed by atoms with Gasteiger partial charge >= 0.3 is 0 Å². The molecule has 11 nitrogen and oxygen atoms in total. The number of aromatic hydroxyl groups is 1. The van der Waals surface area contributed by atoms with Crippen molar-refractivity contribution in [1.29, 1.82) is 0 Å². The Hall–Kier alpha value is -3.13. The van der Waals surface area contributed by atoms with E-state index in [1.54, 1.807) is 12.1 Å². The van der Waals surface area contributed by atoms with Gasteiger partial charge in [0.2, 0.25) is 10.0 Å². The number of nitrogens with one attached hydrogen (secondary N) is 2. The van der Waals surface area contributed by atoms with E-state index >= 15 is 0 Å². The minimum absolute atomic E-state index is 0.0491. The maximum atomic E-state index is 13.5. The zero-order chi connectivity index (χ0) is 24.8. The zero-order valence-corrected chi connectivity index (χ0v) is 20.3. The van der Waals surface area contributed by atoms with Crippen molar-refractivity contribution >= 4 is 49.0 Å². The highest BCUT2D eigenvalue weighted by Crippen LogP contribution is 2.56. The van der Waals surface area contributed by atoms with E-state index in [-0.39, 0.29) is 33.4 Å². The second-order valence-corrected chi connectivity index (χ2v) is 11.8. The van der Waals surface area contributed by atoms with Crippen LogP contribution in [0.4, 0.5) is 11.4 Å². The Morgan fingerprint density at radius 1 is 1.24 bits per heavy atom. The molecule has 0 bridgehead atoms. The van der Waals surface area contributed by atoms with E-state index in [1.807, 2.05) is 13.8 Å². The van der Waals surface area contributed by atoms with Crippen molar-refractivity contribution in [2.75, 3.05) is 16.3 Å². The van der Waals surface area contributed by atoms with Gasteiger partial charge in [0.15, 0.2) is 5.84 Å². The van der Waals surface area contributed by atoms with E-state index in [0.717, 1.165) is 6.26 Å². The summed E-state index contributed by atoms with van der Waals surface area (Å²) in [5, 5.41) is 14.2. The summed E-state index contributed by atoms with van der Waals surface area (Å²) in [7, 11) is -7.41. The second-order valence-electron chi connectivity index (χ2n) is 8.41. The van der Waals surface area contributed by atoms with Gasteiger partial charge < -0.3 is 10.4 Å². The summed E-state index contributed by atoms with van der Waals surface area (Å²) in [6, 6.07) is 7.35. The zero-order valence-electron chi connectivity index (χ0n) is 18.7. The maximum absolute atomic E-state index is 13.5. The molecular formula is C21H25N5O6S2. The highest BCUT2D eigenvalue weighted by atomic mass is 32.3. The minimum Gasteiger partial charge on any atom is -0.506 e. The predicted molar refractivity (Wildman–Crippen MR) is 133 cm³/mol. The molecule has 182 valence electrons. The van der Waals surface area contributed by atoms with Crippen molar-refractivity contribution in [3.8, 4) is 5.75 Å². The lowest BCUT2D eigenvalue weighted by atomic mass is 10.1. The lowest BCUT2D eigenvalue weighted by Crippen LogP contribution is -2.32. The van der Waals surface area contributed by atoms with Crippen molar-refractivity contribution in [3.05, 3.63) is 52.4 Å². The molecule has 1 aliphatic rings. The van der Waals surface area contributed by atoms with Gasteiger partial charge in [0.05, 0.1) is 23.0 Å². The number of pyridine rings is 2. The third-order valence-electron chi connectivity index (χ3n) is 5.21. The fourth-order valence-corrected chi connectivity index (χ4v) is 5.38. The molecule has 0 saturated carbocycles. The van der Waals surface area contributed by atoms with Crippen LogP contribution < -0.4 is 15.6 Å². The van der Waals surface area contributed by atoms with E-state index < -0.39 is 26.4 Å². The fourth-order valence-electron chi connectivity index (χ4n) is 3.64. The molecule has 0 saturated heterocycles. The molecule has 2 aromatic heterocycles. The van der Waals surface area contributed by atoms with Crippen LogP contribution in [0.25, 0.3) is 11.0 Å². The number of aromatic nitrogens is 2. The quantitative estimate of drug-likeness (QED) is 0.338. The van der Waals surface area contributed by atoms with Crippen LogP contribution in [0.3, 0.4) is 0 Å². The minimum atomic E-state index is -3.83. The molecule has 1 aliphatic heterocycles. The first-order valence-electron chi connectivity index (χ1n) is 10.4. The number of anilines is 2. The topological polar surface area (TPSA) is 166 Å². The number of hydrogen-bond acceptors (Lipinski definition) is 9. The van der Waals surface area contributed by atoms with E-state index in [4.69, 9.17) is 0 Å². The summed E-state index contributed by atoms with van der Waals surface area (Å²) in [6.45, 7) is 4.39. The first-order valence-corrected chi connectivity index (χ1v) is 13.7. The number of rotatable bonds is 6. The van der Waals surface area contributed by atoms with Gasteiger partial charge in [-0.1, -0.05) is 24.6 Å². The van der Waals surface area contributed by atoms with Crippen LogP contribution in [-0.2, 0) is 16.6 Å². The maximum Gasteiger partial charge on any atom is 0.267 e. The average molecular weight is 508 g/mol. The Morgan fingerprint density at radius 3 is 2.65 bits per heavy atom. The van der Waals surface area contributed by atoms with Crippen LogP contribution >= 0.6 is 10.8 Å². The Morgan fingerprint density at radius 2 is 1.97 bits per heavy atom. The number of sulfonamides is 1. The van der Waals surface area contributed by atoms with E-state index in [9.17, 15) is 27.4 Å². The van der Waals surface area contributed by atoms with Crippen molar-refractivity contribution < 1.29 is 22.6 Å². The van der Waals surface area contributed by atoms with Crippen LogP contribution in [0.1, 0.15) is 25.8 Å². The number of hydrogen-bond donors (Lipinski definition) is 5. The molecule has 3 aromatic rings. The van der Waals surface area contributed by atoms with Crippen molar-refractivity contribution in [2.24, 2.45) is 10.3 Å². The van der Waals surface area contributed by atoms with Gasteiger partial charge in [-0.25, -0.2) is 13.4 Å². The van der Waals surface area contributed by atoms with Gasteiger partial charge in [-0.15, -0.1) is 4.40 Å². The molecule has 0 fully saturated rings. The Labute approximate surface area is 197 Å².